The lowest BCUT2D eigenvalue weighted by Gasteiger charge is -2.37. The number of rotatable bonds is 3. The van der Waals surface area contributed by atoms with Gasteiger partial charge in [-0.15, -0.1) is 0 Å². The molecule has 5 nitrogen and oxygen atoms in total. The maximum Gasteiger partial charge on any atom is 0.274 e. The number of hydrogen-bond acceptors (Lipinski definition) is 4. The zero-order valence-electron chi connectivity index (χ0n) is 13.6. The molecule has 0 radical (unpaired) electrons. The molecule has 2 aromatic carbocycles. The van der Waals surface area contributed by atoms with Crippen LogP contribution in [-0.4, -0.2) is 36.3 Å². The van der Waals surface area contributed by atoms with Crippen LogP contribution >= 0.6 is 0 Å². The summed E-state index contributed by atoms with van der Waals surface area (Å²) in [5.74, 6) is -0.477. The molecule has 0 aromatic heterocycles. The molecule has 124 valence electrons. The van der Waals surface area contributed by atoms with Crippen molar-refractivity contribution in [2.75, 3.05) is 22.9 Å². The number of fused-ring (bicyclic) bond motifs is 2. The Morgan fingerprint density at radius 3 is 2.29 bits per heavy atom. The van der Waals surface area contributed by atoms with Crippen LogP contribution in [0.25, 0.3) is 0 Å². The summed E-state index contributed by atoms with van der Waals surface area (Å²) in [5, 5.41) is 8.70. The van der Waals surface area contributed by atoms with E-state index < -0.39 is 5.91 Å². The predicted octanol–water partition coefficient (Wildman–Crippen LogP) is 2.58. The van der Waals surface area contributed by atoms with E-state index in [0.29, 0.717) is 17.6 Å². The van der Waals surface area contributed by atoms with Crippen molar-refractivity contribution in [1.29, 1.82) is 0 Å². The fraction of sp³-hybridized carbons (Fsp3) is 0.316. The van der Waals surface area contributed by atoms with E-state index in [9.17, 15) is 4.79 Å². The quantitative estimate of drug-likeness (QED) is 0.673. The number of hydroxylamine groups is 1. The van der Waals surface area contributed by atoms with E-state index in [1.54, 1.807) is 17.6 Å². The molecule has 2 unspecified atom stereocenters. The van der Waals surface area contributed by atoms with Crippen LogP contribution in [0.1, 0.15) is 22.3 Å². The van der Waals surface area contributed by atoms with Gasteiger partial charge >= 0.3 is 0 Å². The topological polar surface area (TPSA) is 55.8 Å². The number of carbonyl (C=O) groups is 1. The molecule has 1 amide bonds. The Labute approximate surface area is 141 Å². The van der Waals surface area contributed by atoms with Crippen molar-refractivity contribution >= 4 is 17.3 Å². The van der Waals surface area contributed by atoms with Crippen molar-refractivity contribution in [3.8, 4) is 0 Å². The number of hydrogen-bond donors (Lipinski definition) is 2. The average molecular weight is 323 g/mol. The first-order valence-corrected chi connectivity index (χ1v) is 8.30. The third kappa shape index (κ3) is 2.51. The summed E-state index contributed by atoms with van der Waals surface area (Å²) < 4.78 is 0. The number of nitrogens with one attached hydrogen (secondary N) is 1. The van der Waals surface area contributed by atoms with Crippen molar-refractivity contribution in [1.82, 2.24) is 5.48 Å². The van der Waals surface area contributed by atoms with E-state index in [0.717, 1.165) is 18.8 Å². The van der Waals surface area contributed by atoms with Crippen LogP contribution in [-0.2, 0) is 0 Å². The SMILES string of the molecule is Cc1cccc(N2CC3CC2CN3c2ccc(C(=O)NO)cc2)c1. The number of aryl methyl sites for hydroxylation is 1. The molecule has 4 rings (SSSR count). The summed E-state index contributed by atoms with van der Waals surface area (Å²) >= 11 is 0. The fourth-order valence-electron chi connectivity index (χ4n) is 3.97. The van der Waals surface area contributed by atoms with Gasteiger partial charge in [0.15, 0.2) is 0 Å². The first-order valence-electron chi connectivity index (χ1n) is 8.30. The Morgan fingerprint density at radius 2 is 1.71 bits per heavy atom. The molecule has 2 heterocycles. The van der Waals surface area contributed by atoms with E-state index in [4.69, 9.17) is 5.21 Å². The summed E-state index contributed by atoms with van der Waals surface area (Å²) in [4.78, 5) is 16.4. The van der Waals surface area contributed by atoms with Gasteiger partial charge in [0, 0.05) is 42.1 Å². The Balaban J connectivity index is 1.49. The van der Waals surface area contributed by atoms with Crippen molar-refractivity contribution in [3.05, 3.63) is 59.7 Å². The molecule has 2 atom stereocenters. The minimum absolute atomic E-state index is 0.465. The second kappa shape index (κ2) is 5.83. The molecule has 2 bridgehead atoms. The van der Waals surface area contributed by atoms with Gasteiger partial charge in [-0.05, 0) is 55.3 Å². The molecule has 5 heteroatoms. The van der Waals surface area contributed by atoms with Gasteiger partial charge in [-0.3, -0.25) is 10.0 Å². The van der Waals surface area contributed by atoms with Gasteiger partial charge in [0.25, 0.3) is 5.91 Å². The first-order chi connectivity index (χ1) is 11.7. The second-order valence-corrected chi connectivity index (χ2v) is 6.67. The second-order valence-electron chi connectivity index (χ2n) is 6.67. The first kappa shape index (κ1) is 15.0. The number of benzene rings is 2. The van der Waals surface area contributed by atoms with Gasteiger partial charge in [0.05, 0.1) is 0 Å². The van der Waals surface area contributed by atoms with E-state index in [1.807, 2.05) is 12.1 Å². The highest BCUT2D eigenvalue weighted by atomic mass is 16.5. The smallest absolute Gasteiger partial charge is 0.274 e. The molecule has 2 aliphatic rings. The molecule has 0 spiro atoms. The van der Waals surface area contributed by atoms with Crippen LogP contribution in [0, 0.1) is 6.92 Å². The number of nitrogens with zero attached hydrogens (tertiary/aromatic N) is 2. The van der Waals surface area contributed by atoms with Crippen LogP contribution in [0.2, 0.25) is 0 Å². The highest BCUT2D eigenvalue weighted by molar-refractivity contribution is 5.93. The lowest BCUT2D eigenvalue weighted by atomic mass is 10.1. The van der Waals surface area contributed by atoms with E-state index in [2.05, 4.69) is 41.0 Å². The molecule has 0 saturated carbocycles. The fourth-order valence-corrected chi connectivity index (χ4v) is 3.97. The minimum Gasteiger partial charge on any atom is -0.365 e. The predicted molar refractivity (Wildman–Crippen MR) is 93.8 cm³/mol. The molecule has 2 fully saturated rings. The lowest BCUT2D eigenvalue weighted by molar-refractivity contribution is 0.0706. The van der Waals surface area contributed by atoms with Gasteiger partial charge in [0.1, 0.15) is 0 Å². The Kier molecular flexibility index (Phi) is 3.65. The minimum atomic E-state index is -0.477. The Hall–Kier alpha value is -2.53. The number of amides is 1. The normalized spacial score (nSPS) is 22.1. The summed E-state index contributed by atoms with van der Waals surface area (Å²) in [6, 6.07) is 17.2. The average Bonchev–Trinajstić information content (AvgIpc) is 3.22. The molecule has 2 aromatic rings. The monoisotopic (exact) mass is 323 g/mol. The van der Waals surface area contributed by atoms with Crippen LogP contribution in [0.4, 0.5) is 11.4 Å². The summed E-state index contributed by atoms with van der Waals surface area (Å²) in [6.07, 6.45) is 1.17. The van der Waals surface area contributed by atoms with Crippen molar-refractivity contribution < 1.29 is 10.0 Å². The van der Waals surface area contributed by atoms with Gasteiger partial charge in [0.2, 0.25) is 0 Å². The Bertz CT molecular complexity index is 759. The molecule has 24 heavy (non-hydrogen) atoms. The largest absolute Gasteiger partial charge is 0.365 e. The van der Waals surface area contributed by atoms with Crippen molar-refractivity contribution in [3.63, 3.8) is 0 Å². The van der Waals surface area contributed by atoms with Gasteiger partial charge in [-0.25, -0.2) is 5.48 Å². The summed E-state index contributed by atoms with van der Waals surface area (Å²) in [7, 11) is 0. The zero-order valence-corrected chi connectivity index (χ0v) is 13.6. The van der Waals surface area contributed by atoms with Gasteiger partial charge in [-0.2, -0.15) is 0 Å². The Morgan fingerprint density at radius 1 is 1.04 bits per heavy atom. The molecule has 0 aliphatic carbocycles. The maximum atomic E-state index is 11.4. The standard InChI is InChI=1S/C19H21N3O2/c1-13-3-2-4-16(9-13)22-12-17-10-18(22)11-21(17)15-7-5-14(6-8-15)19(23)20-24/h2-9,17-18,24H,10-12H2,1H3,(H,20,23). The van der Waals surface area contributed by atoms with Crippen LogP contribution in [0.15, 0.2) is 48.5 Å². The van der Waals surface area contributed by atoms with Crippen LogP contribution in [0.5, 0.6) is 0 Å². The third-order valence-corrected chi connectivity index (χ3v) is 5.14. The molecular weight excluding hydrogens is 302 g/mol. The summed E-state index contributed by atoms with van der Waals surface area (Å²) in [5.41, 5.74) is 5.88. The number of carbonyl (C=O) groups excluding carboxylic acids is 1. The number of anilines is 2. The lowest BCUT2D eigenvalue weighted by Crippen LogP contribution is -2.46. The molecular formula is C19H21N3O2. The van der Waals surface area contributed by atoms with Gasteiger partial charge < -0.3 is 9.80 Å². The van der Waals surface area contributed by atoms with Gasteiger partial charge in [-0.1, -0.05) is 12.1 Å². The third-order valence-electron chi connectivity index (χ3n) is 5.14. The molecule has 2 N–H and O–H groups in total. The number of piperazine rings is 1. The highest BCUT2D eigenvalue weighted by Gasteiger charge is 2.43. The summed E-state index contributed by atoms with van der Waals surface area (Å²) in [6.45, 7) is 4.17. The zero-order chi connectivity index (χ0) is 16.7. The molecule has 2 aliphatic heterocycles. The van der Waals surface area contributed by atoms with Crippen molar-refractivity contribution in [2.45, 2.75) is 25.4 Å². The van der Waals surface area contributed by atoms with Crippen LogP contribution in [0.3, 0.4) is 0 Å². The van der Waals surface area contributed by atoms with E-state index >= 15 is 0 Å². The van der Waals surface area contributed by atoms with Crippen molar-refractivity contribution in [2.24, 2.45) is 0 Å². The van der Waals surface area contributed by atoms with E-state index in [1.165, 1.54) is 17.7 Å². The molecule has 2 saturated heterocycles. The van der Waals surface area contributed by atoms with Crippen LogP contribution < -0.4 is 15.3 Å². The highest BCUT2D eigenvalue weighted by Crippen LogP contribution is 2.37. The van der Waals surface area contributed by atoms with E-state index in [-0.39, 0.29) is 0 Å². The maximum absolute atomic E-state index is 11.4.